The fraction of sp³-hybridized carbons (Fsp3) is 0.688. The Balaban J connectivity index is 1.51. The van der Waals surface area contributed by atoms with E-state index in [-0.39, 0.29) is 17.9 Å². The number of carbonyl (C=O) groups is 2. The summed E-state index contributed by atoms with van der Waals surface area (Å²) in [6.45, 7) is 4.97. The van der Waals surface area contributed by atoms with Gasteiger partial charge in [-0.3, -0.25) is 9.59 Å². The lowest BCUT2D eigenvalue weighted by Gasteiger charge is -2.32. The van der Waals surface area contributed by atoms with Gasteiger partial charge >= 0.3 is 0 Å². The van der Waals surface area contributed by atoms with Crippen molar-refractivity contribution >= 4 is 23.2 Å². The molecule has 0 radical (unpaired) electrons. The number of nitrogens with one attached hydrogen (secondary N) is 2. The zero-order chi connectivity index (χ0) is 16.2. The molecule has 2 aliphatic heterocycles. The molecule has 126 valence electrons. The minimum Gasteiger partial charge on any atom is -0.354 e. The highest BCUT2D eigenvalue weighted by molar-refractivity contribution is 7.11. The Kier molecular flexibility index (Phi) is 5.27. The number of aryl methyl sites for hydroxylation is 1. The van der Waals surface area contributed by atoms with Gasteiger partial charge < -0.3 is 15.5 Å². The predicted molar refractivity (Wildman–Crippen MR) is 89.5 cm³/mol. The van der Waals surface area contributed by atoms with Crippen LogP contribution < -0.4 is 10.6 Å². The van der Waals surface area contributed by atoms with E-state index in [1.165, 1.54) is 11.3 Å². The van der Waals surface area contributed by atoms with Gasteiger partial charge in [0.25, 0.3) is 5.91 Å². The maximum atomic E-state index is 12.6. The highest BCUT2D eigenvalue weighted by Crippen LogP contribution is 2.21. The second-order valence-corrected chi connectivity index (χ2v) is 7.28. The predicted octanol–water partition coefficient (Wildman–Crippen LogP) is 1.17. The Morgan fingerprint density at radius 2 is 2.30 bits per heavy atom. The molecule has 23 heavy (non-hydrogen) atoms. The zero-order valence-electron chi connectivity index (χ0n) is 13.5. The molecule has 2 fully saturated rings. The summed E-state index contributed by atoms with van der Waals surface area (Å²) in [5.74, 6) is 0.522. The minimum atomic E-state index is -0.0313. The van der Waals surface area contributed by atoms with Gasteiger partial charge in [0.1, 0.15) is 4.88 Å². The van der Waals surface area contributed by atoms with E-state index in [1.54, 1.807) is 5.51 Å². The van der Waals surface area contributed by atoms with Crippen molar-refractivity contribution in [3.63, 3.8) is 0 Å². The molecule has 6 nitrogen and oxygen atoms in total. The van der Waals surface area contributed by atoms with Crippen LogP contribution in [-0.2, 0) is 4.79 Å². The maximum Gasteiger partial charge on any atom is 0.265 e. The third kappa shape index (κ3) is 3.90. The summed E-state index contributed by atoms with van der Waals surface area (Å²) in [5, 5.41) is 6.26. The number of thiazole rings is 1. The molecule has 0 saturated carbocycles. The first-order valence-electron chi connectivity index (χ1n) is 8.35. The molecule has 2 aliphatic rings. The minimum absolute atomic E-state index is 0.0313. The van der Waals surface area contributed by atoms with Crippen molar-refractivity contribution in [2.24, 2.45) is 5.92 Å². The van der Waals surface area contributed by atoms with Crippen LogP contribution in [0, 0.1) is 12.8 Å². The van der Waals surface area contributed by atoms with Crippen LogP contribution in [0.3, 0.4) is 0 Å². The summed E-state index contributed by atoms with van der Waals surface area (Å²) in [7, 11) is 0. The molecule has 2 atom stereocenters. The molecule has 0 spiro atoms. The van der Waals surface area contributed by atoms with E-state index in [0.29, 0.717) is 19.0 Å². The molecular weight excluding hydrogens is 312 g/mol. The lowest BCUT2D eigenvalue weighted by atomic mass is 9.97. The van der Waals surface area contributed by atoms with Crippen LogP contribution in [0.15, 0.2) is 5.51 Å². The number of aromatic nitrogens is 1. The Hall–Kier alpha value is -1.47. The van der Waals surface area contributed by atoms with E-state index < -0.39 is 0 Å². The topological polar surface area (TPSA) is 74.3 Å². The standard InChI is InChI=1S/C16H24N4O2S/c1-11-14(23-10-19-11)16(22)20-7-3-4-12(9-20)8-18-15(21)13-5-2-6-17-13/h10,12-13,17H,2-9H2,1H3,(H,18,21)/t12-,13+/m0/s1. The molecule has 0 aliphatic carbocycles. The highest BCUT2D eigenvalue weighted by atomic mass is 32.1. The molecule has 3 heterocycles. The molecule has 2 saturated heterocycles. The highest BCUT2D eigenvalue weighted by Gasteiger charge is 2.28. The maximum absolute atomic E-state index is 12.6. The third-order valence-corrected chi connectivity index (χ3v) is 5.60. The van der Waals surface area contributed by atoms with Crippen LogP contribution >= 0.6 is 11.3 Å². The number of amides is 2. The van der Waals surface area contributed by atoms with Crippen molar-refractivity contribution in [2.75, 3.05) is 26.2 Å². The first-order valence-corrected chi connectivity index (χ1v) is 9.23. The average molecular weight is 336 g/mol. The lowest BCUT2D eigenvalue weighted by Crippen LogP contribution is -2.46. The number of rotatable bonds is 4. The molecule has 2 amide bonds. The summed E-state index contributed by atoms with van der Waals surface area (Å²) < 4.78 is 0. The first kappa shape index (κ1) is 16.4. The third-order valence-electron chi connectivity index (χ3n) is 4.69. The molecule has 0 bridgehead atoms. The van der Waals surface area contributed by atoms with Crippen molar-refractivity contribution in [3.8, 4) is 0 Å². The van der Waals surface area contributed by atoms with E-state index in [0.717, 1.165) is 49.3 Å². The molecule has 2 N–H and O–H groups in total. The van der Waals surface area contributed by atoms with E-state index in [2.05, 4.69) is 15.6 Å². The molecule has 1 aromatic heterocycles. The van der Waals surface area contributed by atoms with Crippen LogP contribution in [-0.4, -0.2) is 53.9 Å². The summed E-state index contributed by atoms with van der Waals surface area (Å²) in [6, 6.07) is -0.0313. The first-order chi connectivity index (χ1) is 11.1. The molecule has 0 unspecified atom stereocenters. The Morgan fingerprint density at radius 1 is 1.43 bits per heavy atom. The van der Waals surface area contributed by atoms with Gasteiger partial charge in [0.2, 0.25) is 5.91 Å². The number of likely N-dealkylation sites (tertiary alicyclic amines) is 1. The monoisotopic (exact) mass is 336 g/mol. The van der Waals surface area contributed by atoms with Crippen LogP contribution in [0.2, 0.25) is 0 Å². The normalized spacial score (nSPS) is 24.7. The van der Waals surface area contributed by atoms with Crippen LogP contribution in [0.4, 0.5) is 0 Å². The Labute approximate surface area is 140 Å². The van der Waals surface area contributed by atoms with E-state index in [1.807, 2.05) is 11.8 Å². The average Bonchev–Trinajstić information content (AvgIpc) is 3.23. The summed E-state index contributed by atoms with van der Waals surface area (Å²) in [5.41, 5.74) is 2.53. The fourth-order valence-corrected chi connectivity index (χ4v) is 4.11. The van der Waals surface area contributed by atoms with Crippen molar-refractivity contribution in [1.29, 1.82) is 0 Å². The largest absolute Gasteiger partial charge is 0.354 e. The molecule has 7 heteroatoms. The second-order valence-electron chi connectivity index (χ2n) is 6.42. The smallest absolute Gasteiger partial charge is 0.265 e. The van der Waals surface area contributed by atoms with Gasteiger partial charge in [0.15, 0.2) is 0 Å². The zero-order valence-corrected chi connectivity index (χ0v) is 14.3. The molecule has 3 rings (SSSR count). The Bertz CT molecular complexity index is 568. The number of carbonyl (C=O) groups excluding carboxylic acids is 2. The molecule has 1 aromatic rings. The van der Waals surface area contributed by atoms with E-state index >= 15 is 0 Å². The van der Waals surface area contributed by atoms with Crippen LogP contribution in [0.1, 0.15) is 41.0 Å². The van der Waals surface area contributed by atoms with Gasteiger partial charge in [0.05, 0.1) is 17.2 Å². The fourth-order valence-electron chi connectivity index (χ4n) is 3.34. The van der Waals surface area contributed by atoms with Crippen LogP contribution in [0.25, 0.3) is 0 Å². The number of hydrogen-bond acceptors (Lipinski definition) is 5. The number of nitrogens with zero attached hydrogens (tertiary/aromatic N) is 2. The van der Waals surface area contributed by atoms with Crippen LogP contribution in [0.5, 0.6) is 0 Å². The molecular formula is C16H24N4O2S. The van der Waals surface area contributed by atoms with Gasteiger partial charge in [-0.25, -0.2) is 4.98 Å². The number of piperidine rings is 1. The van der Waals surface area contributed by atoms with E-state index in [4.69, 9.17) is 0 Å². The summed E-state index contributed by atoms with van der Waals surface area (Å²) in [4.78, 5) is 31.5. The quantitative estimate of drug-likeness (QED) is 0.866. The van der Waals surface area contributed by atoms with Gasteiger partial charge in [-0.1, -0.05) is 0 Å². The van der Waals surface area contributed by atoms with Crippen molar-refractivity contribution in [1.82, 2.24) is 20.5 Å². The summed E-state index contributed by atoms with van der Waals surface area (Å²) >= 11 is 1.41. The van der Waals surface area contributed by atoms with Crippen molar-refractivity contribution in [3.05, 3.63) is 16.1 Å². The van der Waals surface area contributed by atoms with E-state index in [9.17, 15) is 9.59 Å². The van der Waals surface area contributed by atoms with Gasteiger partial charge in [-0.05, 0) is 45.1 Å². The van der Waals surface area contributed by atoms with Gasteiger partial charge in [-0.2, -0.15) is 0 Å². The van der Waals surface area contributed by atoms with Crippen molar-refractivity contribution in [2.45, 2.75) is 38.6 Å². The van der Waals surface area contributed by atoms with Crippen molar-refractivity contribution < 1.29 is 9.59 Å². The Morgan fingerprint density at radius 3 is 3.00 bits per heavy atom. The lowest BCUT2D eigenvalue weighted by molar-refractivity contribution is -0.123. The summed E-state index contributed by atoms with van der Waals surface area (Å²) in [6.07, 6.45) is 4.04. The van der Waals surface area contributed by atoms with Gasteiger partial charge in [-0.15, -0.1) is 11.3 Å². The molecule has 0 aromatic carbocycles. The SMILES string of the molecule is Cc1ncsc1C(=O)N1CCC[C@@H](CNC(=O)[C@H]2CCCN2)C1. The second kappa shape index (κ2) is 7.40. The van der Waals surface area contributed by atoms with Gasteiger partial charge in [0, 0.05) is 19.6 Å². The number of hydrogen-bond donors (Lipinski definition) is 2.